The minimum absolute atomic E-state index is 0.0695. The number of nitrogens with one attached hydrogen (secondary N) is 1. The van der Waals surface area contributed by atoms with Gasteiger partial charge in [0.1, 0.15) is 4.34 Å². The maximum Gasteiger partial charge on any atom is 0.409 e. The van der Waals surface area contributed by atoms with E-state index in [0.29, 0.717) is 29.1 Å². The molecule has 0 bridgehead atoms. The summed E-state index contributed by atoms with van der Waals surface area (Å²) in [5.74, 6) is 0.518. The fourth-order valence-corrected chi connectivity index (χ4v) is 6.06. The van der Waals surface area contributed by atoms with Crippen LogP contribution in [-0.2, 0) is 9.47 Å². The highest BCUT2D eigenvalue weighted by molar-refractivity contribution is 7.13. The quantitative estimate of drug-likeness (QED) is 0.664. The van der Waals surface area contributed by atoms with Crippen LogP contribution >= 0.6 is 22.9 Å². The molecule has 2 aliphatic rings. The van der Waals surface area contributed by atoms with Crippen LogP contribution in [0.3, 0.4) is 0 Å². The standard InChI is InChI=1S/C23H29ClN2O4S/c1-29-23(28)26-13-5-8-18(20-21(24)31-22(27)25-20)19(26)14-30-17-11-9-16(10-12-17)15-6-3-2-4-7-15/h2-4,6-7,16-19H,5,8-14H2,1H3,(H,25,27). The first-order chi connectivity index (χ1) is 15.1. The molecule has 1 aromatic carbocycles. The molecule has 1 aliphatic carbocycles. The molecule has 31 heavy (non-hydrogen) atoms. The second-order valence-electron chi connectivity index (χ2n) is 8.40. The number of amides is 1. The molecular weight excluding hydrogens is 436 g/mol. The minimum Gasteiger partial charge on any atom is -0.453 e. The van der Waals surface area contributed by atoms with Crippen LogP contribution in [0.1, 0.15) is 61.6 Å². The van der Waals surface area contributed by atoms with E-state index in [0.717, 1.165) is 49.9 Å². The second kappa shape index (κ2) is 10.2. The lowest BCUT2D eigenvalue weighted by Gasteiger charge is -2.41. The number of thiazole rings is 1. The number of carbonyl (C=O) groups is 1. The zero-order chi connectivity index (χ0) is 21.8. The zero-order valence-electron chi connectivity index (χ0n) is 17.7. The number of aromatic amines is 1. The minimum atomic E-state index is -0.361. The Balaban J connectivity index is 1.42. The van der Waals surface area contributed by atoms with Gasteiger partial charge in [-0.1, -0.05) is 53.3 Å². The molecule has 0 radical (unpaired) electrons. The maximum atomic E-state index is 12.4. The van der Waals surface area contributed by atoms with Crippen molar-refractivity contribution in [1.29, 1.82) is 0 Å². The van der Waals surface area contributed by atoms with Crippen LogP contribution in [0, 0.1) is 0 Å². The molecule has 168 valence electrons. The predicted octanol–water partition coefficient (Wildman–Crippen LogP) is 5.15. The van der Waals surface area contributed by atoms with E-state index in [-0.39, 0.29) is 29.0 Å². The lowest BCUT2D eigenvalue weighted by atomic mass is 9.82. The van der Waals surface area contributed by atoms with Gasteiger partial charge < -0.3 is 19.4 Å². The van der Waals surface area contributed by atoms with Crippen molar-refractivity contribution in [3.63, 3.8) is 0 Å². The van der Waals surface area contributed by atoms with Crippen molar-refractivity contribution in [2.75, 3.05) is 20.3 Å². The summed E-state index contributed by atoms with van der Waals surface area (Å²) in [7, 11) is 1.40. The molecule has 6 nitrogen and oxygen atoms in total. The molecule has 2 heterocycles. The SMILES string of the molecule is COC(=O)N1CCCC(c2[nH]c(=O)sc2Cl)C1COC1CCC(c2ccccc2)CC1. The van der Waals surface area contributed by atoms with Crippen molar-refractivity contribution in [3.8, 4) is 0 Å². The predicted molar refractivity (Wildman–Crippen MR) is 122 cm³/mol. The summed E-state index contributed by atoms with van der Waals surface area (Å²) in [6.45, 7) is 1.03. The molecule has 2 atom stereocenters. The highest BCUT2D eigenvalue weighted by Gasteiger charge is 2.38. The second-order valence-corrected chi connectivity index (χ2v) is 9.98. The molecule has 1 aliphatic heterocycles. The Bertz CT molecular complexity index is 923. The van der Waals surface area contributed by atoms with Crippen molar-refractivity contribution in [2.24, 2.45) is 0 Å². The molecule has 1 N–H and O–H groups in total. The summed E-state index contributed by atoms with van der Waals surface area (Å²) in [5, 5.41) is 0. The maximum absolute atomic E-state index is 12.4. The Morgan fingerprint density at radius 3 is 2.58 bits per heavy atom. The van der Waals surface area contributed by atoms with E-state index in [2.05, 4.69) is 35.3 Å². The largest absolute Gasteiger partial charge is 0.453 e. The van der Waals surface area contributed by atoms with Crippen molar-refractivity contribution in [3.05, 3.63) is 55.6 Å². The van der Waals surface area contributed by atoms with E-state index in [1.165, 1.54) is 12.7 Å². The number of piperidine rings is 1. The zero-order valence-corrected chi connectivity index (χ0v) is 19.3. The normalized spacial score (nSPS) is 26.6. The van der Waals surface area contributed by atoms with Crippen LogP contribution in [0.25, 0.3) is 0 Å². The molecule has 4 rings (SSSR count). The summed E-state index contributed by atoms with van der Waals surface area (Å²) in [6, 6.07) is 10.5. The number of hydrogen-bond donors (Lipinski definition) is 1. The number of benzene rings is 1. The number of carbonyl (C=O) groups excluding carboxylic acids is 1. The highest BCUT2D eigenvalue weighted by Crippen LogP contribution is 2.38. The fourth-order valence-electron chi connectivity index (χ4n) is 5.03. The summed E-state index contributed by atoms with van der Waals surface area (Å²) in [5.41, 5.74) is 2.12. The number of hydrogen-bond acceptors (Lipinski definition) is 5. The van der Waals surface area contributed by atoms with E-state index in [9.17, 15) is 9.59 Å². The molecule has 1 amide bonds. The number of rotatable bonds is 5. The third-order valence-electron chi connectivity index (χ3n) is 6.64. The lowest BCUT2D eigenvalue weighted by molar-refractivity contribution is -0.0241. The monoisotopic (exact) mass is 464 g/mol. The summed E-state index contributed by atoms with van der Waals surface area (Å²) >= 11 is 7.34. The van der Waals surface area contributed by atoms with E-state index >= 15 is 0 Å². The van der Waals surface area contributed by atoms with Gasteiger partial charge in [0.15, 0.2) is 0 Å². The average Bonchev–Trinajstić information content (AvgIpc) is 3.15. The number of aromatic nitrogens is 1. The third-order valence-corrected chi connectivity index (χ3v) is 7.76. The molecule has 2 unspecified atom stereocenters. The number of nitrogens with zero attached hydrogens (tertiary/aromatic N) is 1. The van der Waals surface area contributed by atoms with Gasteiger partial charge in [-0.05, 0) is 50.0 Å². The van der Waals surface area contributed by atoms with Gasteiger partial charge in [0.2, 0.25) is 0 Å². The number of halogens is 1. The van der Waals surface area contributed by atoms with Crippen molar-refractivity contribution < 1.29 is 14.3 Å². The van der Waals surface area contributed by atoms with Crippen LogP contribution in [0.2, 0.25) is 4.34 Å². The Morgan fingerprint density at radius 1 is 1.19 bits per heavy atom. The third kappa shape index (κ3) is 5.16. The van der Waals surface area contributed by atoms with Crippen LogP contribution < -0.4 is 4.87 Å². The fraction of sp³-hybridized carbons (Fsp3) is 0.565. The molecule has 0 spiro atoms. The van der Waals surface area contributed by atoms with Gasteiger partial charge in [-0.3, -0.25) is 4.79 Å². The van der Waals surface area contributed by atoms with Crippen LogP contribution in [0.5, 0.6) is 0 Å². The number of ether oxygens (including phenoxy) is 2. The molecule has 1 aromatic heterocycles. The van der Waals surface area contributed by atoms with E-state index in [1.54, 1.807) is 4.90 Å². The molecule has 1 saturated carbocycles. The first-order valence-electron chi connectivity index (χ1n) is 11.0. The Morgan fingerprint density at radius 2 is 1.94 bits per heavy atom. The van der Waals surface area contributed by atoms with E-state index in [1.807, 2.05) is 0 Å². The highest BCUT2D eigenvalue weighted by atomic mass is 35.5. The molecule has 2 fully saturated rings. The van der Waals surface area contributed by atoms with E-state index in [4.69, 9.17) is 21.1 Å². The van der Waals surface area contributed by atoms with Gasteiger partial charge >= 0.3 is 11.0 Å². The van der Waals surface area contributed by atoms with Gasteiger partial charge in [0.25, 0.3) is 0 Å². The summed E-state index contributed by atoms with van der Waals surface area (Å²) in [6.07, 6.45) is 5.71. The number of likely N-dealkylation sites (tertiary alicyclic amines) is 1. The van der Waals surface area contributed by atoms with Crippen LogP contribution in [-0.4, -0.2) is 48.4 Å². The van der Waals surface area contributed by atoms with Gasteiger partial charge in [0.05, 0.1) is 31.6 Å². The smallest absolute Gasteiger partial charge is 0.409 e. The van der Waals surface area contributed by atoms with Gasteiger partial charge in [-0.15, -0.1) is 0 Å². The average molecular weight is 465 g/mol. The molecule has 1 saturated heterocycles. The molecule has 8 heteroatoms. The Labute approximate surface area is 191 Å². The van der Waals surface area contributed by atoms with Crippen molar-refractivity contribution in [1.82, 2.24) is 9.88 Å². The van der Waals surface area contributed by atoms with E-state index < -0.39 is 0 Å². The van der Waals surface area contributed by atoms with Crippen molar-refractivity contribution in [2.45, 2.75) is 62.5 Å². The van der Waals surface area contributed by atoms with Crippen LogP contribution in [0.4, 0.5) is 4.79 Å². The van der Waals surface area contributed by atoms with Crippen molar-refractivity contribution >= 4 is 29.0 Å². The van der Waals surface area contributed by atoms with Crippen LogP contribution in [0.15, 0.2) is 35.1 Å². The molecular formula is C23H29ClN2O4S. The molecule has 2 aromatic rings. The topological polar surface area (TPSA) is 71.6 Å². The number of H-pyrrole nitrogens is 1. The Hall–Kier alpha value is -1.83. The Kier molecular flexibility index (Phi) is 7.35. The van der Waals surface area contributed by atoms with Gasteiger partial charge in [0, 0.05) is 12.5 Å². The summed E-state index contributed by atoms with van der Waals surface area (Å²) in [4.78, 5) is 28.7. The summed E-state index contributed by atoms with van der Waals surface area (Å²) < 4.78 is 11.8. The number of methoxy groups -OCH3 is 1. The first-order valence-corrected chi connectivity index (χ1v) is 12.2. The van der Waals surface area contributed by atoms with Gasteiger partial charge in [-0.2, -0.15) is 0 Å². The lowest BCUT2D eigenvalue weighted by Crippen LogP contribution is -2.50. The first kappa shape index (κ1) is 22.4. The van der Waals surface area contributed by atoms with Gasteiger partial charge in [-0.25, -0.2) is 4.79 Å².